The number of ketones is 1. The summed E-state index contributed by atoms with van der Waals surface area (Å²) >= 11 is 1.54. The summed E-state index contributed by atoms with van der Waals surface area (Å²) in [7, 11) is 5.87. The molecule has 0 radical (unpaired) electrons. The van der Waals surface area contributed by atoms with Crippen LogP contribution in [0.1, 0.15) is 101 Å². The molecule has 0 aliphatic carbocycles. The zero-order valence-corrected chi connectivity index (χ0v) is 33.2. The molecule has 1 heterocycles. The van der Waals surface area contributed by atoms with Crippen LogP contribution in [0.15, 0.2) is 12.7 Å². The van der Waals surface area contributed by atoms with Gasteiger partial charge in [-0.15, -0.1) is 6.58 Å². The first kappa shape index (κ1) is 44.4. The SMILES string of the molecule is C=CCNC(=O)C(=O)C(CCCCCC)NC(=O)[C@@H]1C[C@@H](C(C)C)CN1C(=O)[C@@H](NC(=O)N[C@H](CN(C)SN(C)C)C(C)(C)C)C(C)(C)C. The standard InChI is InChI=1S/C36H67N7O5S/c1-14-16-17-18-19-26(29(44)32(46)37-20-15-2)38-31(45)27-21-25(24(3)4)22-43(27)33(47)30(36(8,9)10)40-34(48)39-28(35(5,6)7)23-42(13)49-41(11)12/h15,24-28,30H,2,14,16-23H2,1,3-13H3,(H,37,46)(H,38,45)(H2,39,40,48)/t25-,26?,27+,28-,30-/m1/s1. The Morgan fingerprint density at radius 3 is 2.08 bits per heavy atom. The first-order chi connectivity index (χ1) is 22.6. The number of hydrogen-bond acceptors (Lipinski definition) is 8. The molecule has 1 fully saturated rings. The van der Waals surface area contributed by atoms with E-state index in [1.54, 1.807) is 4.90 Å². The monoisotopic (exact) mass is 709 g/mol. The van der Waals surface area contributed by atoms with Gasteiger partial charge in [0.15, 0.2) is 0 Å². The Balaban J connectivity index is 3.32. The van der Waals surface area contributed by atoms with Crippen molar-refractivity contribution < 1.29 is 24.0 Å². The van der Waals surface area contributed by atoms with Crippen LogP contribution in [-0.4, -0.2) is 108 Å². The summed E-state index contributed by atoms with van der Waals surface area (Å²) < 4.78 is 4.02. The van der Waals surface area contributed by atoms with E-state index < -0.39 is 47.2 Å². The molecule has 0 aromatic carbocycles. The number of likely N-dealkylation sites (N-methyl/N-ethyl adjacent to an activating group) is 1. The molecule has 13 heteroatoms. The fourth-order valence-corrected chi connectivity index (χ4v) is 6.59. The Kier molecular flexibility index (Phi) is 18.4. The van der Waals surface area contributed by atoms with Crippen molar-refractivity contribution in [2.24, 2.45) is 22.7 Å². The molecule has 0 bridgehead atoms. The first-order valence-corrected chi connectivity index (χ1v) is 18.5. The summed E-state index contributed by atoms with van der Waals surface area (Å²) in [5, 5.41) is 11.4. The van der Waals surface area contributed by atoms with Crippen molar-refractivity contribution in [3.63, 3.8) is 0 Å². The number of nitrogens with one attached hydrogen (secondary N) is 4. The Morgan fingerprint density at radius 1 is 0.939 bits per heavy atom. The van der Waals surface area contributed by atoms with Crippen LogP contribution in [0.3, 0.4) is 0 Å². The number of nitrogens with zero attached hydrogens (tertiary/aromatic N) is 3. The van der Waals surface area contributed by atoms with Gasteiger partial charge in [0, 0.05) is 37.8 Å². The molecule has 0 saturated carbocycles. The lowest BCUT2D eigenvalue weighted by Crippen LogP contribution is -2.61. The van der Waals surface area contributed by atoms with Crippen LogP contribution >= 0.6 is 12.1 Å². The van der Waals surface area contributed by atoms with Gasteiger partial charge in [0.05, 0.1) is 6.04 Å². The second kappa shape index (κ2) is 20.3. The van der Waals surface area contributed by atoms with Gasteiger partial charge in [-0.1, -0.05) is 94.1 Å². The van der Waals surface area contributed by atoms with Crippen molar-refractivity contribution in [1.82, 2.24) is 34.8 Å². The molecule has 12 nitrogen and oxygen atoms in total. The van der Waals surface area contributed by atoms with Gasteiger partial charge < -0.3 is 26.2 Å². The molecule has 0 spiro atoms. The highest BCUT2D eigenvalue weighted by molar-refractivity contribution is 7.94. The average Bonchev–Trinajstić information content (AvgIpc) is 3.44. The molecule has 1 aliphatic rings. The second-order valence-corrected chi connectivity index (χ2v) is 17.6. The molecule has 5 atom stereocenters. The predicted molar refractivity (Wildman–Crippen MR) is 199 cm³/mol. The third kappa shape index (κ3) is 15.0. The van der Waals surface area contributed by atoms with E-state index in [-0.39, 0.29) is 35.7 Å². The number of hydrogen-bond donors (Lipinski definition) is 4. The van der Waals surface area contributed by atoms with E-state index in [0.717, 1.165) is 19.3 Å². The van der Waals surface area contributed by atoms with Gasteiger partial charge in [0.2, 0.25) is 17.6 Å². The smallest absolute Gasteiger partial charge is 0.315 e. The first-order valence-electron chi connectivity index (χ1n) is 17.8. The number of carbonyl (C=O) groups excluding carboxylic acids is 5. The minimum Gasteiger partial charge on any atom is -0.346 e. The van der Waals surface area contributed by atoms with Crippen molar-refractivity contribution >= 4 is 41.7 Å². The van der Waals surface area contributed by atoms with Crippen LogP contribution in [0.2, 0.25) is 0 Å². The Morgan fingerprint density at radius 2 is 1.57 bits per heavy atom. The van der Waals surface area contributed by atoms with E-state index in [1.165, 1.54) is 18.2 Å². The normalized spacial score (nSPS) is 18.6. The number of Topliss-reactive ketones (excluding diaryl/α,β-unsaturated/α-hetero) is 1. The molecule has 1 saturated heterocycles. The summed E-state index contributed by atoms with van der Waals surface area (Å²) in [5.74, 6) is -2.07. The molecule has 282 valence electrons. The Labute approximate surface area is 300 Å². The molecule has 1 rings (SSSR count). The summed E-state index contributed by atoms with van der Waals surface area (Å²) in [4.78, 5) is 69.4. The van der Waals surface area contributed by atoms with Crippen LogP contribution in [0.25, 0.3) is 0 Å². The van der Waals surface area contributed by atoms with Gasteiger partial charge in [-0.25, -0.2) is 13.4 Å². The van der Waals surface area contributed by atoms with Crippen molar-refractivity contribution in [3.8, 4) is 0 Å². The van der Waals surface area contributed by atoms with Crippen molar-refractivity contribution in [2.75, 3.05) is 40.8 Å². The lowest BCUT2D eigenvalue weighted by atomic mass is 9.85. The molecule has 1 aliphatic heterocycles. The maximum atomic E-state index is 14.4. The van der Waals surface area contributed by atoms with Gasteiger partial charge in [-0.2, -0.15) is 0 Å². The number of likely N-dealkylation sites (tertiary alicyclic amines) is 1. The van der Waals surface area contributed by atoms with Crippen LogP contribution in [-0.2, 0) is 19.2 Å². The third-order valence-electron chi connectivity index (χ3n) is 8.95. The molecular weight excluding hydrogens is 643 g/mol. The zero-order valence-electron chi connectivity index (χ0n) is 32.4. The van der Waals surface area contributed by atoms with E-state index in [1.807, 2.05) is 50.5 Å². The quantitative estimate of drug-likeness (QED) is 0.0671. The molecule has 0 aromatic heterocycles. The summed E-state index contributed by atoms with van der Waals surface area (Å²) in [5.41, 5.74) is -0.948. The van der Waals surface area contributed by atoms with E-state index in [0.29, 0.717) is 32.4 Å². The molecule has 49 heavy (non-hydrogen) atoms. The van der Waals surface area contributed by atoms with Crippen LogP contribution in [0.4, 0.5) is 4.79 Å². The fourth-order valence-electron chi connectivity index (χ4n) is 5.82. The predicted octanol–water partition coefficient (Wildman–Crippen LogP) is 4.37. The highest BCUT2D eigenvalue weighted by Crippen LogP contribution is 2.32. The highest BCUT2D eigenvalue weighted by Gasteiger charge is 2.46. The topological polar surface area (TPSA) is 143 Å². The van der Waals surface area contributed by atoms with E-state index >= 15 is 0 Å². The van der Waals surface area contributed by atoms with Crippen LogP contribution in [0.5, 0.6) is 0 Å². The van der Waals surface area contributed by atoms with Gasteiger partial charge >= 0.3 is 6.03 Å². The number of carbonyl (C=O) groups is 5. The van der Waals surface area contributed by atoms with Gasteiger partial charge in [0.25, 0.3) is 5.91 Å². The van der Waals surface area contributed by atoms with Gasteiger partial charge in [0.1, 0.15) is 12.1 Å². The maximum Gasteiger partial charge on any atom is 0.315 e. The average molecular weight is 710 g/mol. The van der Waals surface area contributed by atoms with E-state index in [2.05, 4.69) is 69.4 Å². The second-order valence-electron chi connectivity index (χ2n) is 16.1. The molecule has 4 N–H and O–H groups in total. The number of rotatable bonds is 19. The number of unbranched alkanes of at least 4 members (excludes halogenated alkanes) is 3. The van der Waals surface area contributed by atoms with Crippen molar-refractivity contribution in [3.05, 3.63) is 12.7 Å². The van der Waals surface area contributed by atoms with Crippen LogP contribution in [0, 0.1) is 22.7 Å². The minimum atomic E-state index is -1.01. The van der Waals surface area contributed by atoms with E-state index in [4.69, 9.17) is 0 Å². The van der Waals surface area contributed by atoms with Gasteiger partial charge in [-0.05, 0) is 56.7 Å². The molecule has 0 aromatic rings. The van der Waals surface area contributed by atoms with Gasteiger partial charge in [-0.3, -0.25) is 19.2 Å². The largest absolute Gasteiger partial charge is 0.346 e. The summed E-state index contributed by atoms with van der Waals surface area (Å²) in [6.45, 7) is 22.7. The summed E-state index contributed by atoms with van der Waals surface area (Å²) in [6, 6.07) is -3.48. The van der Waals surface area contributed by atoms with Crippen molar-refractivity contribution in [2.45, 2.75) is 125 Å². The summed E-state index contributed by atoms with van der Waals surface area (Å²) in [6.07, 6.45) is 5.76. The third-order valence-corrected chi connectivity index (χ3v) is 9.71. The Hall–Kier alpha value is -2.64. The van der Waals surface area contributed by atoms with E-state index in [9.17, 15) is 24.0 Å². The number of amides is 5. The molecular formula is C36H67N7O5S. The lowest BCUT2D eigenvalue weighted by Gasteiger charge is -2.38. The Bertz CT molecular complexity index is 1120. The zero-order chi connectivity index (χ0) is 37.7. The number of urea groups is 1. The minimum absolute atomic E-state index is 0.0405. The van der Waals surface area contributed by atoms with Crippen molar-refractivity contribution in [1.29, 1.82) is 0 Å². The highest BCUT2D eigenvalue weighted by atomic mass is 32.2. The lowest BCUT2D eigenvalue weighted by molar-refractivity contribution is -0.143. The molecule has 5 amide bonds. The van der Waals surface area contributed by atoms with Crippen LogP contribution < -0.4 is 21.3 Å². The molecule has 1 unspecified atom stereocenters. The maximum absolute atomic E-state index is 14.4. The fraction of sp³-hybridized carbons (Fsp3) is 0.806.